The number of aliphatic carboxylic acids is 1. The van der Waals surface area contributed by atoms with E-state index in [4.69, 9.17) is 10.1 Å². The number of anilines is 1. The van der Waals surface area contributed by atoms with Crippen molar-refractivity contribution in [1.82, 2.24) is 14.9 Å². The van der Waals surface area contributed by atoms with Crippen molar-refractivity contribution in [1.29, 1.82) is 0 Å². The van der Waals surface area contributed by atoms with Crippen molar-refractivity contribution in [3.8, 4) is 0 Å². The Morgan fingerprint density at radius 1 is 1.24 bits per heavy atom. The molecule has 2 aromatic heterocycles. The number of ketones is 1. The van der Waals surface area contributed by atoms with Gasteiger partial charge in [-0.25, -0.2) is 4.98 Å². The van der Waals surface area contributed by atoms with E-state index in [9.17, 15) is 9.59 Å². The highest BCUT2D eigenvalue weighted by atomic mass is 16.4. The molecule has 0 unspecified atom stereocenters. The van der Waals surface area contributed by atoms with E-state index in [0.717, 1.165) is 23.5 Å². The highest BCUT2D eigenvalue weighted by molar-refractivity contribution is 6.09. The highest BCUT2D eigenvalue weighted by Crippen LogP contribution is 2.29. The Labute approximate surface area is 168 Å². The molecule has 8 nitrogen and oxygen atoms in total. The standard InChI is InChI=1S/C21H21N5O3/c27-17(14-4-3-9-22-13-14)12-18-25-20-16(21-23-10-11-26(18)21)8-7-15(24-20)5-1-2-6-19(28)29/h3-4,7-9,12-13H,1-2,5-6,10-11H2,(H,24,25)(H,28,29)/b18-12+. The Kier molecular flexibility index (Phi) is 5.33. The Bertz CT molecular complexity index is 1000. The second kappa shape index (κ2) is 8.22. The van der Waals surface area contributed by atoms with Gasteiger partial charge in [0.25, 0.3) is 0 Å². The molecule has 0 aromatic carbocycles. The van der Waals surface area contributed by atoms with E-state index in [0.29, 0.717) is 43.1 Å². The Morgan fingerprint density at radius 2 is 2.14 bits per heavy atom. The van der Waals surface area contributed by atoms with Gasteiger partial charge in [0.2, 0.25) is 0 Å². The number of pyridine rings is 2. The van der Waals surface area contributed by atoms with Crippen LogP contribution in [0.15, 0.2) is 53.5 Å². The van der Waals surface area contributed by atoms with Crippen molar-refractivity contribution in [2.75, 3.05) is 18.4 Å². The molecule has 0 spiro atoms. The first-order chi connectivity index (χ1) is 14.1. The number of hydrogen-bond donors (Lipinski definition) is 2. The monoisotopic (exact) mass is 391 g/mol. The lowest BCUT2D eigenvalue weighted by molar-refractivity contribution is -0.137. The van der Waals surface area contributed by atoms with Gasteiger partial charge in [-0.3, -0.25) is 19.6 Å². The molecule has 0 atom stereocenters. The third-order valence-electron chi connectivity index (χ3n) is 4.86. The normalized spacial score (nSPS) is 16.1. The van der Waals surface area contributed by atoms with Gasteiger partial charge < -0.3 is 15.3 Å². The van der Waals surface area contributed by atoms with Crippen LogP contribution >= 0.6 is 0 Å². The van der Waals surface area contributed by atoms with Crippen molar-refractivity contribution in [2.24, 2.45) is 4.99 Å². The molecule has 8 heteroatoms. The molecular formula is C21H21N5O3. The zero-order chi connectivity index (χ0) is 20.2. The zero-order valence-electron chi connectivity index (χ0n) is 15.8. The average Bonchev–Trinajstić information content (AvgIpc) is 3.22. The van der Waals surface area contributed by atoms with Gasteiger partial charge in [0.05, 0.1) is 12.1 Å². The maximum absolute atomic E-state index is 12.6. The first kappa shape index (κ1) is 18.8. The molecule has 0 radical (unpaired) electrons. The molecule has 0 amide bonds. The molecule has 0 fully saturated rings. The zero-order valence-corrected chi connectivity index (χ0v) is 15.8. The number of unbranched alkanes of at least 4 members (excludes halogenated alkanes) is 1. The second-order valence-corrected chi connectivity index (χ2v) is 6.92. The number of carbonyl (C=O) groups is 2. The summed E-state index contributed by atoms with van der Waals surface area (Å²) in [7, 11) is 0. The number of fused-ring (bicyclic) bond motifs is 3. The van der Waals surface area contributed by atoms with Crippen LogP contribution in [0.1, 0.15) is 40.9 Å². The molecule has 2 aliphatic heterocycles. The summed E-state index contributed by atoms with van der Waals surface area (Å²) in [5.74, 6) is 1.22. The van der Waals surface area contributed by atoms with Crippen LogP contribution in [0.4, 0.5) is 5.82 Å². The predicted octanol–water partition coefficient (Wildman–Crippen LogP) is 2.49. The summed E-state index contributed by atoms with van der Waals surface area (Å²) in [5, 5.41) is 12.0. The number of rotatable bonds is 7. The maximum Gasteiger partial charge on any atom is 0.303 e. The maximum atomic E-state index is 12.6. The first-order valence-electron chi connectivity index (χ1n) is 9.59. The molecule has 0 aliphatic carbocycles. The van der Waals surface area contributed by atoms with Gasteiger partial charge in [-0.15, -0.1) is 0 Å². The van der Waals surface area contributed by atoms with Gasteiger partial charge in [-0.05, 0) is 43.5 Å². The van der Waals surface area contributed by atoms with Gasteiger partial charge in [-0.2, -0.15) is 0 Å². The minimum Gasteiger partial charge on any atom is -0.481 e. The summed E-state index contributed by atoms with van der Waals surface area (Å²) < 4.78 is 0. The molecular weight excluding hydrogens is 370 g/mol. The van der Waals surface area contributed by atoms with E-state index >= 15 is 0 Å². The Morgan fingerprint density at radius 3 is 2.93 bits per heavy atom. The number of carbonyl (C=O) groups excluding carboxylic acids is 1. The summed E-state index contributed by atoms with van der Waals surface area (Å²) in [6, 6.07) is 7.40. The fraction of sp³-hybridized carbons (Fsp3) is 0.286. The fourth-order valence-electron chi connectivity index (χ4n) is 3.43. The first-order valence-corrected chi connectivity index (χ1v) is 9.59. The lowest BCUT2D eigenvalue weighted by Gasteiger charge is -2.30. The minimum atomic E-state index is -0.780. The van der Waals surface area contributed by atoms with Crippen LogP contribution in [-0.2, 0) is 11.2 Å². The van der Waals surface area contributed by atoms with E-state index in [-0.39, 0.29) is 12.2 Å². The number of aliphatic imine (C=N–C) groups is 1. The number of hydrogen-bond acceptors (Lipinski definition) is 7. The van der Waals surface area contributed by atoms with Crippen LogP contribution in [0.5, 0.6) is 0 Å². The SMILES string of the molecule is O=C(O)CCCCc1ccc2c(n1)N/C(=C\C(=O)c1cccnc1)N1CCN=C21. The van der Waals surface area contributed by atoms with E-state index in [2.05, 4.69) is 15.3 Å². The number of aryl methyl sites for hydroxylation is 1. The Balaban J connectivity index is 1.56. The summed E-state index contributed by atoms with van der Waals surface area (Å²) in [6.07, 6.45) is 6.97. The molecule has 29 heavy (non-hydrogen) atoms. The van der Waals surface area contributed by atoms with Crippen molar-refractivity contribution >= 4 is 23.4 Å². The van der Waals surface area contributed by atoms with Crippen LogP contribution in [0.2, 0.25) is 0 Å². The summed E-state index contributed by atoms with van der Waals surface area (Å²) >= 11 is 0. The molecule has 2 aliphatic rings. The third-order valence-corrected chi connectivity index (χ3v) is 4.86. The second-order valence-electron chi connectivity index (χ2n) is 6.92. The van der Waals surface area contributed by atoms with Crippen molar-refractivity contribution in [2.45, 2.75) is 25.7 Å². The topological polar surface area (TPSA) is 108 Å². The summed E-state index contributed by atoms with van der Waals surface area (Å²) in [5.41, 5.74) is 2.31. The molecule has 0 saturated carbocycles. The molecule has 0 bridgehead atoms. The van der Waals surface area contributed by atoms with Crippen LogP contribution in [-0.4, -0.2) is 50.7 Å². The smallest absolute Gasteiger partial charge is 0.303 e. The Hall–Kier alpha value is -3.55. The fourth-order valence-corrected chi connectivity index (χ4v) is 3.43. The number of nitrogens with one attached hydrogen (secondary N) is 1. The molecule has 148 valence electrons. The predicted molar refractivity (Wildman–Crippen MR) is 108 cm³/mol. The molecule has 2 aromatic rings. The molecule has 4 rings (SSSR count). The quantitative estimate of drug-likeness (QED) is 0.424. The van der Waals surface area contributed by atoms with Gasteiger partial charge in [0.15, 0.2) is 5.78 Å². The van der Waals surface area contributed by atoms with Gasteiger partial charge >= 0.3 is 5.97 Å². The number of carboxylic acid groups (broad SMARTS) is 1. The van der Waals surface area contributed by atoms with E-state index in [1.165, 1.54) is 0 Å². The van der Waals surface area contributed by atoms with E-state index < -0.39 is 5.97 Å². The lowest BCUT2D eigenvalue weighted by atomic mass is 10.1. The van der Waals surface area contributed by atoms with Gasteiger partial charge in [0.1, 0.15) is 17.5 Å². The van der Waals surface area contributed by atoms with Crippen LogP contribution in [0.25, 0.3) is 0 Å². The van der Waals surface area contributed by atoms with Crippen molar-refractivity contribution < 1.29 is 14.7 Å². The molecule has 4 heterocycles. The third kappa shape index (κ3) is 4.16. The number of allylic oxidation sites excluding steroid dienone is 1. The van der Waals surface area contributed by atoms with E-state index in [1.807, 2.05) is 17.0 Å². The lowest BCUT2D eigenvalue weighted by Crippen LogP contribution is -2.37. The molecule has 2 N–H and O–H groups in total. The van der Waals surface area contributed by atoms with E-state index in [1.54, 1.807) is 30.6 Å². The van der Waals surface area contributed by atoms with Gasteiger partial charge in [0, 0.05) is 42.7 Å². The van der Waals surface area contributed by atoms with Crippen LogP contribution in [0.3, 0.4) is 0 Å². The van der Waals surface area contributed by atoms with Gasteiger partial charge in [-0.1, -0.05) is 0 Å². The number of nitrogens with zero attached hydrogens (tertiary/aromatic N) is 4. The average molecular weight is 391 g/mol. The van der Waals surface area contributed by atoms with Crippen LogP contribution < -0.4 is 5.32 Å². The van der Waals surface area contributed by atoms with Crippen LogP contribution in [0, 0.1) is 0 Å². The number of carboxylic acids is 1. The number of aromatic nitrogens is 2. The summed E-state index contributed by atoms with van der Waals surface area (Å²) in [6.45, 7) is 1.36. The summed E-state index contributed by atoms with van der Waals surface area (Å²) in [4.78, 5) is 38.5. The number of amidine groups is 1. The largest absolute Gasteiger partial charge is 0.481 e. The highest BCUT2D eigenvalue weighted by Gasteiger charge is 2.30. The van der Waals surface area contributed by atoms with Crippen molar-refractivity contribution in [3.63, 3.8) is 0 Å². The molecule has 0 saturated heterocycles. The van der Waals surface area contributed by atoms with Crippen molar-refractivity contribution in [3.05, 3.63) is 65.4 Å². The minimum absolute atomic E-state index is 0.139.